The number of esters is 1. The van der Waals surface area contributed by atoms with E-state index in [1.165, 1.54) is 61.1 Å². The molecule has 2 saturated carbocycles. The second kappa shape index (κ2) is 8.64. The van der Waals surface area contributed by atoms with Crippen LogP contribution in [0.5, 0.6) is 0 Å². The summed E-state index contributed by atoms with van der Waals surface area (Å²) in [5.74, 6) is 4.84. The second-order valence-corrected chi connectivity index (χ2v) is 13.8. The number of ether oxygens (including phenoxy) is 1. The summed E-state index contributed by atoms with van der Waals surface area (Å²) < 4.78 is 10.7. The molecule has 0 saturated heterocycles. The van der Waals surface area contributed by atoms with E-state index >= 15 is 0 Å². The van der Waals surface area contributed by atoms with Gasteiger partial charge in [0, 0.05) is 6.92 Å². The maximum Gasteiger partial charge on any atom is 0.303 e. The lowest BCUT2D eigenvalue weighted by atomic mass is 9.47. The molecule has 2 fully saturated rings. The molecule has 184 valence electrons. The molecule has 4 aliphatic carbocycles. The van der Waals surface area contributed by atoms with Gasteiger partial charge in [0.1, 0.15) is 6.10 Å². The summed E-state index contributed by atoms with van der Waals surface area (Å²) in [7, 11) is 0. The highest BCUT2D eigenvalue weighted by atomic mass is 32.1. The third-order valence-corrected chi connectivity index (χ3v) is 11.7. The summed E-state index contributed by atoms with van der Waals surface area (Å²) in [5, 5.41) is 0. The lowest BCUT2D eigenvalue weighted by Crippen LogP contribution is -2.53. The van der Waals surface area contributed by atoms with E-state index in [9.17, 15) is 4.79 Å². The maximum absolute atomic E-state index is 11.7. The zero-order valence-electron chi connectivity index (χ0n) is 21.8. The van der Waals surface area contributed by atoms with Crippen LogP contribution in [0.25, 0.3) is 0 Å². The number of nitrogens with zero attached hydrogens (tertiary/aromatic N) is 1. The van der Waals surface area contributed by atoms with Gasteiger partial charge in [-0.15, -0.1) is 0 Å². The van der Waals surface area contributed by atoms with E-state index in [4.69, 9.17) is 9.11 Å². The highest BCUT2D eigenvalue weighted by Gasteiger charge is 2.61. The van der Waals surface area contributed by atoms with Crippen molar-refractivity contribution >= 4 is 17.5 Å². The maximum atomic E-state index is 11.7. The van der Waals surface area contributed by atoms with Gasteiger partial charge in [0.15, 0.2) is 0 Å². The van der Waals surface area contributed by atoms with Crippen molar-refractivity contribution in [2.24, 2.45) is 40.9 Å². The van der Waals surface area contributed by atoms with Crippen molar-refractivity contribution in [2.75, 3.05) is 0 Å². The third kappa shape index (κ3) is 3.81. The van der Waals surface area contributed by atoms with Crippen LogP contribution in [0.3, 0.4) is 0 Å². The fraction of sp³-hybridized carbons (Fsp3) is 0.862. The first-order valence-electron chi connectivity index (χ1n) is 13.8. The molecule has 33 heavy (non-hydrogen) atoms. The molecule has 0 bridgehead atoms. The minimum atomic E-state index is -0.160. The van der Waals surface area contributed by atoms with Gasteiger partial charge < -0.3 is 4.74 Å². The molecular formula is C29H45NO2S. The summed E-state index contributed by atoms with van der Waals surface area (Å²) >= 11 is 1.63. The van der Waals surface area contributed by atoms with E-state index in [-0.39, 0.29) is 17.5 Å². The van der Waals surface area contributed by atoms with Crippen LogP contribution < -0.4 is 0 Å². The molecule has 4 heteroatoms. The number of carbonyl (C=O) groups excluding carboxylic acids is 1. The molecule has 0 radical (unpaired) electrons. The van der Waals surface area contributed by atoms with Gasteiger partial charge in [-0.1, -0.05) is 53.9 Å². The van der Waals surface area contributed by atoms with Gasteiger partial charge in [-0.3, -0.25) is 4.79 Å². The lowest BCUT2D eigenvalue weighted by molar-refractivity contribution is -0.148. The molecule has 3 nitrogen and oxygen atoms in total. The Morgan fingerprint density at radius 3 is 2.61 bits per heavy atom. The first-order chi connectivity index (χ1) is 15.6. The van der Waals surface area contributed by atoms with E-state index in [0.717, 1.165) is 54.8 Å². The van der Waals surface area contributed by atoms with Crippen LogP contribution in [-0.4, -0.2) is 10.3 Å². The van der Waals surface area contributed by atoms with Crippen LogP contribution in [-0.2, 0) is 21.4 Å². The number of rotatable bonds is 6. The second-order valence-electron chi connectivity index (χ2n) is 13.0. The minimum Gasteiger partial charge on any atom is -0.457 e. The summed E-state index contributed by atoms with van der Waals surface area (Å²) in [4.78, 5) is 13.0. The number of carbonyl (C=O) groups is 1. The fourth-order valence-electron chi connectivity index (χ4n) is 9.29. The summed E-state index contributed by atoms with van der Waals surface area (Å²) in [5.41, 5.74) is 3.58. The number of hydrogen-bond acceptors (Lipinski definition) is 4. The molecule has 1 heterocycles. The standard InChI is InChI=1S/C29H45NO2S/c1-17(2)8-7-9-18(3)21-10-11-22-20-16-24-26-27(33-30-24)25(32-19(4)31)13-15-29(26,6)23(20)12-14-28(21,22)5/h17-18,20-23,25H,7-16H2,1-6H3/t18?,20?,21-,22?,23?,25+,28-,29-/m1/s1. The summed E-state index contributed by atoms with van der Waals surface area (Å²) in [6.45, 7) is 14.0. The summed E-state index contributed by atoms with van der Waals surface area (Å²) in [6, 6.07) is 0. The van der Waals surface area contributed by atoms with Crippen LogP contribution in [0.15, 0.2) is 0 Å². The van der Waals surface area contributed by atoms with Crippen molar-refractivity contribution in [2.45, 2.75) is 117 Å². The zero-order valence-corrected chi connectivity index (χ0v) is 22.6. The molecule has 0 spiro atoms. The van der Waals surface area contributed by atoms with Crippen LogP contribution in [0, 0.1) is 40.9 Å². The average Bonchev–Trinajstić information content (AvgIpc) is 3.32. The van der Waals surface area contributed by atoms with Crippen LogP contribution in [0.2, 0.25) is 0 Å². The Labute approximate surface area is 205 Å². The van der Waals surface area contributed by atoms with Crippen molar-refractivity contribution in [3.63, 3.8) is 0 Å². The lowest BCUT2D eigenvalue weighted by Gasteiger charge is -2.58. The number of fused-ring (bicyclic) bond motifs is 4. The minimum absolute atomic E-state index is 0.0650. The van der Waals surface area contributed by atoms with E-state index in [1.807, 2.05) is 0 Å². The molecule has 5 rings (SSSR count). The first kappa shape index (κ1) is 23.8. The van der Waals surface area contributed by atoms with Gasteiger partial charge in [-0.05, 0) is 108 Å². The van der Waals surface area contributed by atoms with Gasteiger partial charge in [0.2, 0.25) is 0 Å². The highest BCUT2D eigenvalue weighted by molar-refractivity contribution is 7.06. The Kier molecular flexibility index (Phi) is 6.24. The van der Waals surface area contributed by atoms with Gasteiger partial charge in [-0.2, -0.15) is 4.37 Å². The van der Waals surface area contributed by atoms with Crippen molar-refractivity contribution in [1.29, 1.82) is 0 Å². The van der Waals surface area contributed by atoms with Gasteiger partial charge in [0.05, 0.1) is 10.6 Å². The van der Waals surface area contributed by atoms with Crippen LogP contribution in [0.4, 0.5) is 0 Å². The predicted octanol–water partition coefficient (Wildman–Crippen LogP) is 7.88. The van der Waals surface area contributed by atoms with E-state index in [2.05, 4.69) is 34.6 Å². The molecule has 0 N–H and O–H groups in total. The molecule has 1 aromatic rings. The molecule has 0 aliphatic heterocycles. The average molecular weight is 472 g/mol. The largest absolute Gasteiger partial charge is 0.457 e. The Balaban J connectivity index is 1.39. The van der Waals surface area contributed by atoms with Gasteiger partial charge >= 0.3 is 5.97 Å². The molecule has 4 unspecified atom stereocenters. The van der Waals surface area contributed by atoms with Crippen LogP contribution in [0.1, 0.15) is 122 Å². The molecule has 1 aromatic heterocycles. The van der Waals surface area contributed by atoms with Crippen molar-refractivity contribution in [3.8, 4) is 0 Å². The quantitative estimate of drug-likeness (QED) is 0.396. The van der Waals surface area contributed by atoms with Crippen LogP contribution >= 0.6 is 11.5 Å². The van der Waals surface area contributed by atoms with Crippen molar-refractivity contribution < 1.29 is 9.53 Å². The van der Waals surface area contributed by atoms with Crippen molar-refractivity contribution in [1.82, 2.24) is 4.37 Å². The molecule has 4 aliphatic rings. The zero-order chi connectivity index (χ0) is 23.5. The SMILES string of the molecule is CC(=O)O[C@H]1CC[C@@]2(C)c3c(nsc31)CC1C2CC[C@@]2(C)C1CC[C@@H]2C(C)CCCC(C)C. The molecule has 0 aromatic carbocycles. The van der Waals surface area contributed by atoms with Gasteiger partial charge in [0.25, 0.3) is 0 Å². The molecule has 0 amide bonds. The first-order valence-corrected chi connectivity index (χ1v) is 14.6. The Hall–Kier alpha value is -0.900. The number of hydrogen-bond donors (Lipinski definition) is 0. The number of aromatic nitrogens is 1. The summed E-state index contributed by atoms with van der Waals surface area (Å²) in [6.07, 6.45) is 13.0. The Bertz CT molecular complexity index is 892. The topological polar surface area (TPSA) is 39.2 Å². The van der Waals surface area contributed by atoms with E-state index in [1.54, 1.807) is 18.5 Å². The smallest absolute Gasteiger partial charge is 0.303 e. The molecule has 8 atom stereocenters. The Morgan fingerprint density at radius 1 is 1.09 bits per heavy atom. The highest BCUT2D eigenvalue weighted by Crippen LogP contribution is 2.67. The fourth-order valence-corrected chi connectivity index (χ4v) is 10.4. The van der Waals surface area contributed by atoms with E-state index < -0.39 is 0 Å². The normalized spacial score (nSPS) is 40.2. The van der Waals surface area contributed by atoms with E-state index in [0.29, 0.717) is 5.41 Å². The Morgan fingerprint density at radius 2 is 1.88 bits per heavy atom. The van der Waals surface area contributed by atoms with Gasteiger partial charge in [-0.25, -0.2) is 0 Å². The third-order valence-electron chi connectivity index (χ3n) is 10.8. The van der Waals surface area contributed by atoms with Crippen molar-refractivity contribution in [3.05, 3.63) is 16.1 Å². The molecular weight excluding hydrogens is 426 g/mol. The predicted molar refractivity (Wildman–Crippen MR) is 135 cm³/mol. The monoisotopic (exact) mass is 471 g/mol.